The zero-order valence-electron chi connectivity index (χ0n) is 16.6. The largest absolute Gasteiger partial charge is 0.503 e. The van der Waals surface area contributed by atoms with Crippen molar-refractivity contribution in [1.82, 2.24) is 0 Å². The van der Waals surface area contributed by atoms with Crippen molar-refractivity contribution in [2.24, 2.45) is 0 Å². The summed E-state index contributed by atoms with van der Waals surface area (Å²) < 4.78 is 10.7. The molecule has 0 spiro atoms. The fourth-order valence-corrected chi connectivity index (χ4v) is 3.13. The Labute approximate surface area is 167 Å². The summed E-state index contributed by atoms with van der Waals surface area (Å²) in [6.45, 7) is 0.584. The van der Waals surface area contributed by atoms with Gasteiger partial charge < -0.3 is 14.6 Å². The van der Waals surface area contributed by atoms with Gasteiger partial charge in [0.2, 0.25) is 0 Å². The molecule has 0 aromatic heterocycles. The van der Waals surface area contributed by atoms with Gasteiger partial charge >= 0.3 is 5.97 Å². The molecule has 0 amide bonds. The van der Waals surface area contributed by atoms with Crippen LogP contribution in [0.4, 0.5) is 0 Å². The highest BCUT2D eigenvalue weighted by Gasteiger charge is 2.15. The van der Waals surface area contributed by atoms with Crippen molar-refractivity contribution in [3.63, 3.8) is 0 Å². The smallest absolute Gasteiger partial charge is 0.339 e. The van der Waals surface area contributed by atoms with Gasteiger partial charge in [0.05, 0.1) is 20.0 Å². The highest BCUT2D eigenvalue weighted by atomic mass is 16.5. The minimum Gasteiger partial charge on any atom is -0.503 e. The molecule has 0 fully saturated rings. The second-order valence-electron chi connectivity index (χ2n) is 6.77. The highest BCUT2D eigenvalue weighted by molar-refractivity contribution is 6.15. The Morgan fingerprint density at radius 3 is 2.25 bits per heavy atom. The molecule has 2 rings (SSSR count). The van der Waals surface area contributed by atoms with E-state index in [-0.39, 0.29) is 5.57 Å². The number of hydrogen-bond donors (Lipinski definition) is 1. The summed E-state index contributed by atoms with van der Waals surface area (Å²) in [7, 11) is 1.44. The van der Waals surface area contributed by atoms with Crippen LogP contribution < -0.4 is 4.74 Å². The summed E-state index contributed by atoms with van der Waals surface area (Å²) in [4.78, 5) is 11.4. The van der Waals surface area contributed by atoms with Crippen LogP contribution in [-0.2, 0) is 16.0 Å². The molecule has 28 heavy (non-hydrogen) atoms. The molecule has 0 radical (unpaired) electrons. The zero-order chi connectivity index (χ0) is 20.0. The minimum atomic E-state index is -1.03. The van der Waals surface area contributed by atoms with Crippen molar-refractivity contribution in [3.8, 4) is 5.75 Å². The van der Waals surface area contributed by atoms with Gasteiger partial charge in [-0.05, 0) is 30.9 Å². The minimum absolute atomic E-state index is 0.0940. The first-order chi connectivity index (χ1) is 13.7. The van der Waals surface area contributed by atoms with Gasteiger partial charge in [-0.2, -0.15) is 0 Å². The van der Waals surface area contributed by atoms with E-state index in [1.54, 1.807) is 18.2 Å². The van der Waals surface area contributed by atoms with E-state index in [2.05, 4.69) is 30.3 Å². The number of aryl methyl sites for hydroxylation is 1. The van der Waals surface area contributed by atoms with E-state index < -0.39 is 5.97 Å². The second kappa shape index (κ2) is 12.6. The van der Waals surface area contributed by atoms with Gasteiger partial charge in [-0.15, -0.1) is 0 Å². The number of benzene rings is 2. The summed E-state index contributed by atoms with van der Waals surface area (Å²) in [6, 6.07) is 17.8. The summed E-state index contributed by atoms with van der Waals surface area (Å²) in [6.07, 6.45) is 9.39. The number of para-hydroxylation sites is 1. The Morgan fingerprint density at radius 2 is 1.54 bits per heavy atom. The fourth-order valence-electron chi connectivity index (χ4n) is 3.13. The number of unbranched alkanes of at least 4 members (excludes halogenated alkanes) is 5. The molecule has 2 aromatic rings. The predicted molar refractivity (Wildman–Crippen MR) is 112 cm³/mol. The van der Waals surface area contributed by atoms with Gasteiger partial charge in [-0.25, -0.2) is 4.79 Å². The molecule has 0 saturated carbocycles. The lowest BCUT2D eigenvalue weighted by Crippen LogP contribution is -2.05. The quantitative estimate of drug-likeness (QED) is 0.273. The van der Waals surface area contributed by atoms with Crippen LogP contribution in [0, 0.1) is 0 Å². The third-order valence-corrected chi connectivity index (χ3v) is 4.60. The summed E-state index contributed by atoms with van der Waals surface area (Å²) in [5.41, 5.74) is 2.05. The number of hydrogen-bond acceptors (Lipinski definition) is 3. The van der Waals surface area contributed by atoms with Gasteiger partial charge in [0.1, 0.15) is 11.3 Å². The number of carboxylic acids is 1. The molecule has 0 atom stereocenters. The first kappa shape index (κ1) is 21.5. The van der Waals surface area contributed by atoms with Crippen molar-refractivity contribution in [2.75, 3.05) is 13.7 Å². The Morgan fingerprint density at radius 1 is 0.893 bits per heavy atom. The molecule has 0 bridgehead atoms. The monoisotopic (exact) mass is 382 g/mol. The van der Waals surface area contributed by atoms with Gasteiger partial charge in [-0.3, -0.25) is 0 Å². The van der Waals surface area contributed by atoms with Crippen molar-refractivity contribution in [3.05, 3.63) is 72.0 Å². The van der Waals surface area contributed by atoms with Gasteiger partial charge in [0, 0.05) is 5.56 Å². The normalized spacial score (nSPS) is 11.2. The van der Waals surface area contributed by atoms with Gasteiger partial charge in [0.15, 0.2) is 0 Å². The predicted octanol–water partition coefficient (Wildman–Crippen LogP) is 5.72. The first-order valence-corrected chi connectivity index (χ1v) is 9.94. The molecular formula is C24H30O4. The van der Waals surface area contributed by atoms with E-state index in [4.69, 9.17) is 9.47 Å². The number of ether oxygens (including phenoxy) is 2. The molecule has 0 saturated heterocycles. The van der Waals surface area contributed by atoms with Crippen molar-refractivity contribution in [2.45, 2.75) is 44.9 Å². The molecule has 1 N–H and O–H groups in total. The Balaban J connectivity index is 1.64. The molecule has 0 aliphatic rings. The lowest BCUT2D eigenvalue weighted by Gasteiger charge is -2.12. The Bertz CT molecular complexity index is 737. The summed E-state index contributed by atoms with van der Waals surface area (Å²) in [5.74, 6) is -0.454. The van der Waals surface area contributed by atoms with E-state index >= 15 is 0 Å². The maximum Gasteiger partial charge on any atom is 0.339 e. The van der Waals surface area contributed by atoms with Crippen LogP contribution >= 0.6 is 0 Å². The number of rotatable bonds is 13. The number of carbonyl (C=O) groups is 1. The van der Waals surface area contributed by atoms with Crippen molar-refractivity contribution >= 4 is 11.5 Å². The molecule has 0 aliphatic carbocycles. The van der Waals surface area contributed by atoms with Crippen molar-refractivity contribution in [1.29, 1.82) is 0 Å². The lowest BCUT2D eigenvalue weighted by molar-refractivity contribution is -0.130. The Hall–Kier alpha value is -2.75. The highest BCUT2D eigenvalue weighted by Crippen LogP contribution is 2.26. The third-order valence-electron chi connectivity index (χ3n) is 4.60. The fraction of sp³-hybridized carbons (Fsp3) is 0.375. The topological polar surface area (TPSA) is 55.8 Å². The van der Waals surface area contributed by atoms with Crippen LogP contribution in [0.5, 0.6) is 5.75 Å². The maximum atomic E-state index is 11.4. The molecule has 0 heterocycles. The molecule has 4 heteroatoms. The van der Waals surface area contributed by atoms with E-state index in [0.717, 1.165) is 19.3 Å². The van der Waals surface area contributed by atoms with Gasteiger partial charge in [0.25, 0.3) is 0 Å². The van der Waals surface area contributed by atoms with Gasteiger partial charge in [-0.1, -0.05) is 74.2 Å². The maximum absolute atomic E-state index is 11.4. The molecule has 0 aliphatic heterocycles. The van der Waals surface area contributed by atoms with E-state index in [1.165, 1.54) is 44.6 Å². The SMILES string of the molecule is COC=C(C(=O)O)c1ccccc1OCCCCCCCCc1ccccc1. The van der Waals surface area contributed by atoms with Crippen LogP contribution in [0.3, 0.4) is 0 Å². The number of carboxylic acid groups (broad SMARTS) is 1. The standard InChI is InChI=1S/C24H30O4/c1-27-19-22(24(25)26)21-16-10-11-17-23(21)28-18-12-5-3-2-4-7-13-20-14-8-6-9-15-20/h6,8-11,14-17,19H,2-5,7,12-13,18H2,1H3,(H,25,26). The number of aliphatic carboxylic acids is 1. The van der Waals surface area contributed by atoms with Crippen LogP contribution in [0.1, 0.15) is 49.7 Å². The molecule has 0 unspecified atom stereocenters. The van der Waals surface area contributed by atoms with Crippen LogP contribution in [0.15, 0.2) is 60.9 Å². The summed E-state index contributed by atoms with van der Waals surface area (Å²) >= 11 is 0. The number of methoxy groups -OCH3 is 1. The summed E-state index contributed by atoms with van der Waals surface area (Å²) in [5, 5.41) is 9.36. The zero-order valence-corrected chi connectivity index (χ0v) is 16.6. The van der Waals surface area contributed by atoms with E-state index in [1.807, 2.05) is 6.07 Å². The van der Waals surface area contributed by atoms with E-state index in [0.29, 0.717) is 17.9 Å². The molecule has 4 nitrogen and oxygen atoms in total. The van der Waals surface area contributed by atoms with Crippen LogP contribution in [0.25, 0.3) is 5.57 Å². The molecule has 2 aromatic carbocycles. The second-order valence-corrected chi connectivity index (χ2v) is 6.77. The molecular weight excluding hydrogens is 352 g/mol. The average molecular weight is 383 g/mol. The molecule has 150 valence electrons. The lowest BCUT2D eigenvalue weighted by atomic mass is 10.0. The Kier molecular flexibility index (Phi) is 9.70. The third kappa shape index (κ3) is 7.47. The van der Waals surface area contributed by atoms with E-state index in [9.17, 15) is 9.90 Å². The average Bonchev–Trinajstić information content (AvgIpc) is 2.72. The van der Waals surface area contributed by atoms with Crippen LogP contribution in [-0.4, -0.2) is 24.8 Å². The van der Waals surface area contributed by atoms with Crippen molar-refractivity contribution < 1.29 is 19.4 Å². The van der Waals surface area contributed by atoms with Crippen LogP contribution in [0.2, 0.25) is 0 Å². The first-order valence-electron chi connectivity index (χ1n) is 9.94.